The summed E-state index contributed by atoms with van der Waals surface area (Å²) in [5.74, 6) is 1.00. The summed E-state index contributed by atoms with van der Waals surface area (Å²) >= 11 is 0. The highest BCUT2D eigenvalue weighted by atomic mass is 15.3. The van der Waals surface area contributed by atoms with E-state index in [2.05, 4.69) is 52.1 Å². The van der Waals surface area contributed by atoms with E-state index in [1.807, 2.05) is 4.68 Å². The van der Waals surface area contributed by atoms with Crippen LogP contribution in [0.3, 0.4) is 0 Å². The monoisotopic (exact) mass is 233 g/mol. The molecule has 0 saturated heterocycles. The second-order valence-electron chi connectivity index (χ2n) is 3.90. The van der Waals surface area contributed by atoms with Crippen LogP contribution in [0, 0.1) is 0 Å². The van der Waals surface area contributed by atoms with Gasteiger partial charge in [-0.1, -0.05) is 6.92 Å². The van der Waals surface area contributed by atoms with Crippen LogP contribution in [0.15, 0.2) is 24.7 Å². The second-order valence-corrected chi connectivity index (χ2v) is 3.90. The molecule has 0 fully saturated rings. The molecule has 0 aliphatic heterocycles. The van der Waals surface area contributed by atoms with Crippen molar-refractivity contribution >= 4 is 0 Å². The van der Waals surface area contributed by atoms with Crippen molar-refractivity contribution in [2.24, 2.45) is 0 Å². The Morgan fingerprint density at radius 2 is 2.24 bits per heavy atom. The Morgan fingerprint density at radius 1 is 1.35 bits per heavy atom. The van der Waals surface area contributed by atoms with Crippen LogP contribution in [-0.2, 0) is 19.6 Å². The molecule has 2 aromatic heterocycles. The van der Waals surface area contributed by atoms with E-state index in [1.165, 1.54) is 5.69 Å². The number of nitrogens with zero attached hydrogens (tertiary/aromatic N) is 4. The molecule has 0 aliphatic carbocycles. The Hall–Kier alpha value is -1.62. The normalized spacial score (nSPS) is 10.9. The standard InChI is InChI=1S/C12H19N5/c1-3-13-8-11-6-5-7-16(11)9-12-14-10-15-17(12)4-2/h5-7,10,13H,3-4,8-9H2,1-2H3. The van der Waals surface area contributed by atoms with Gasteiger partial charge in [0.2, 0.25) is 0 Å². The molecule has 2 aromatic rings. The molecule has 2 heterocycles. The van der Waals surface area contributed by atoms with Crippen molar-refractivity contribution < 1.29 is 0 Å². The summed E-state index contributed by atoms with van der Waals surface area (Å²) in [5.41, 5.74) is 1.28. The van der Waals surface area contributed by atoms with Crippen molar-refractivity contribution in [3.8, 4) is 0 Å². The van der Waals surface area contributed by atoms with Gasteiger partial charge in [0.05, 0.1) is 6.54 Å². The summed E-state index contributed by atoms with van der Waals surface area (Å²) < 4.78 is 4.13. The number of nitrogens with one attached hydrogen (secondary N) is 1. The SMILES string of the molecule is CCNCc1cccn1Cc1ncnn1CC. The molecular weight excluding hydrogens is 214 g/mol. The van der Waals surface area contributed by atoms with Crippen molar-refractivity contribution in [2.45, 2.75) is 33.5 Å². The fourth-order valence-electron chi connectivity index (χ4n) is 1.84. The maximum absolute atomic E-state index is 4.29. The predicted molar refractivity (Wildman–Crippen MR) is 66.6 cm³/mol. The molecule has 92 valence electrons. The van der Waals surface area contributed by atoms with E-state index in [9.17, 15) is 0 Å². The predicted octanol–water partition coefficient (Wildman–Crippen LogP) is 1.26. The molecular formula is C12H19N5. The molecule has 0 atom stereocenters. The van der Waals surface area contributed by atoms with Crippen molar-refractivity contribution in [1.29, 1.82) is 0 Å². The van der Waals surface area contributed by atoms with E-state index in [0.29, 0.717) is 0 Å². The van der Waals surface area contributed by atoms with Gasteiger partial charge < -0.3 is 9.88 Å². The van der Waals surface area contributed by atoms with Crippen LogP contribution in [0.5, 0.6) is 0 Å². The van der Waals surface area contributed by atoms with Crippen molar-refractivity contribution in [1.82, 2.24) is 24.6 Å². The lowest BCUT2D eigenvalue weighted by atomic mass is 10.4. The zero-order valence-corrected chi connectivity index (χ0v) is 10.4. The molecule has 5 heteroatoms. The Balaban J connectivity index is 2.10. The third-order valence-electron chi connectivity index (χ3n) is 2.79. The first-order chi connectivity index (χ1) is 8.35. The highest BCUT2D eigenvalue weighted by Gasteiger charge is 2.06. The lowest BCUT2D eigenvalue weighted by Crippen LogP contribution is -2.17. The van der Waals surface area contributed by atoms with Crippen molar-refractivity contribution in [2.75, 3.05) is 6.54 Å². The van der Waals surface area contributed by atoms with Crippen LogP contribution in [0.2, 0.25) is 0 Å². The zero-order chi connectivity index (χ0) is 12.1. The maximum atomic E-state index is 4.29. The van der Waals surface area contributed by atoms with Crippen molar-refractivity contribution in [3.05, 3.63) is 36.2 Å². The molecule has 0 saturated carbocycles. The fourth-order valence-corrected chi connectivity index (χ4v) is 1.84. The summed E-state index contributed by atoms with van der Waals surface area (Å²) in [5, 5.41) is 7.52. The van der Waals surface area contributed by atoms with Crippen LogP contribution < -0.4 is 5.32 Å². The van der Waals surface area contributed by atoms with E-state index in [1.54, 1.807) is 6.33 Å². The average molecular weight is 233 g/mol. The van der Waals surface area contributed by atoms with E-state index in [-0.39, 0.29) is 0 Å². The van der Waals surface area contributed by atoms with Gasteiger partial charge in [0.1, 0.15) is 12.2 Å². The molecule has 0 unspecified atom stereocenters. The molecule has 0 radical (unpaired) electrons. The van der Waals surface area contributed by atoms with Gasteiger partial charge in [0, 0.05) is 25.0 Å². The topological polar surface area (TPSA) is 47.7 Å². The number of hydrogen-bond donors (Lipinski definition) is 1. The summed E-state index contributed by atoms with van der Waals surface area (Å²) in [6, 6.07) is 4.20. The van der Waals surface area contributed by atoms with Crippen molar-refractivity contribution in [3.63, 3.8) is 0 Å². The molecule has 0 aromatic carbocycles. The van der Waals surface area contributed by atoms with Gasteiger partial charge in [-0.2, -0.15) is 5.10 Å². The van der Waals surface area contributed by atoms with E-state index in [4.69, 9.17) is 0 Å². The van der Waals surface area contributed by atoms with Crippen LogP contribution in [0.4, 0.5) is 0 Å². The summed E-state index contributed by atoms with van der Waals surface area (Å²) in [6.45, 7) is 7.70. The number of aromatic nitrogens is 4. The Labute approximate surface area is 101 Å². The summed E-state index contributed by atoms with van der Waals surface area (Å²) in [7, 11) is 0. The Morgan fingerprint density at radius 3 is 3.00 bits per heavy atom. The zero-order valence-electron chi connectivity index (χ0n) is 10.4. The molecule has 0 bridgehead atoms. The quantitative estimate of drug-likeness (QED) is 0.817. The average Bonchev–Trinajstić information content (AvgIpc) is 2.96. The van der Waals surface area contributed by atoms with E-state index in [0.717, 1.165) is 32.0 Å². The third kappa shape index (κ3) is 2.74. The second kappa shape index (κ2) is 5.63. The van der Waals surface area contributed by atoms with Gasteiger partial charge >= 0.3 is 0 Å². The fraction of sp³-hybridized carbons (Fsp3) is 0.500. The molecule has 0 spiro atoms. The van der Waals surface area contributed by atoms with Gasteiger partial charge in [-0.25, -0.2) is 9.67 Å². The first-order valence-corrected chi connectivity index (χ1v) is 6.06. The molecule has 17 heavy (non-hydrogen) atoms. The smallest absolute Gasteiger partial charge is 0.146 e. The van der Waals surface area contributed by atoms with Gasteiger partial charge in [0.25, 0.3) is 0 Å². The number of aryl methyl sites for hydroxylation is 1. The molecule has 1 N–H and O–H groups in total. The maximum Gasteiger partial charge on any atom is 0.146 e. The highest BCUT2D eigenvalue weighted by molar-refractivity contribution is 5.08. The minimum atomic E-state index is 0.779. The Bertz CT molecular complexity index is 457. The van der Waals surface area contributed by atoms with Crippen LogP contribution in [-0.4, -0.2) is 25.9 Å². The van der Waals surface area contributed by atoms with Gasteiger partial charge in [-0.15, -0.1) is 0 Å². The Kier molecular flexibility index (Phi) is 3.93. The lowest BCUT2D eigenvalue weighted by molar-refractivity contribution is 0.576. The molecule has 0 amide bonds. The van der Waals surface area contributed by atoms with Crippen LogP contribution in [0.1, 0.15) is 25.4 Å². The van der Waals surface area contributed by atoms with Gasteiger partial charge in [0.15, 0.2) is 0 Å². The van der Waals surface area contributed by atoms with E-state index < -0.39 is 0 Å². The molecule has 2 rings (SSSR count). The number of hydrogen-bond acceptors (Lipinski definition) is 3. The summed E-state index contributed by atoms with van der Waals surface area (Å²) in [6.07, 6.45) is 3.70. The minimum absolute atomic E-state index is 0.779. The van der Waals surface area contributed by atoms with Gasteiger partial charge in [-0.3, -0.25) is 0 Å². The van der Waals surface area contributed by atoms with Crippen LogP contribution >= 0.6 is 0 Å². The summed E-state index contributed by atoms with van der Waals surface area (Å²) in [4.78, 5) is 4.29. The van der Waals surface area contributed by atoms with E-state index >= 15 is 0 Å². The molecule has 5 nitrogen and oxygen atoms in total. The first-order valence-electron chi connectivity index (χ1n) is 6.06. The minimum Gasteiger partial charge on any atom is -0.343 e. The lowest BCUT2D eigenvalue weighted by Gasteiger charge is -2.09. The molecule has 0 aliphatic rings. The van der Waals surface area contributed by atoms with Crippen LogP contribution in [0.25, 0.3) is 0 Å². The first kappa shape index (κ1) is 11.9. The van der Waals surface area contributed by atoms with Gasteiger partial charge in [-0.05, 0) is 25.6 Å². The highest BCUT2D eigenvalue weighted by Crippen LogP contribution is 2.06. The third-order valence-corrected chi connectivity index (χ3v) is 2.79. The number of rotatable bonds is 6. The largest absolute Gasteiger partial charge is 0.343 e.